The molecule has 66 valence electrons. The number of allylic oxidation sites excluding steroid dienone is 1. The van der Waals surface area contributed by atoms with E-state index < -0.39 is 0 Å². The van der Waals surface area contributed by atoms with Gasteiger partial charge in [-0.1, -0.05) is 20.4 Å². The molecule has 0 unspecified atom stereocenters. The molecular formula is C9H21NSi. The van der Waals surface area contributed by atoms with Crippen LogP contribution in [0.2, 0.25) is 5.04 Å². The fourth-order valence-electron chi connectivity index (χ4n) is 0.640. The van der Waals surface area contributed by atoms with Crippen LogP contribution in [0, 0.1) is 0 Å². The van der Waals surface area contributed by atoms with Crippen molar-refractivity contribution in [1.82, 2.24) is 5.32 Å². The summed E-state index contributed by atoms with van der Waals surface area (Å²) < 4.78 is 0. The van der Waals surface area contributed by atoms with E-state index in [1.807, 2.05) is 0 Å². The zero-order valence-electron chi connectivity index (χ0n) is 8.71. The predicted molar refractivity (Wildman–Crippen MR) is 56.0 cm³/mol. The fourth-order valence-corrected chi connectivity index (χ4v) is 0.765. The molecule has 0 amide bonds. The van der Waals surface area contributed by atoms with Crippen molar-refractivity contribution in [3.05, 3.63) is 12.3 Å². The topological polar surface area (TPSA) is 12.0 Å². The van der Waals surface area contributed by atoms with E-state index in [-0.39, 0.29) is 5.54 Å². The minimum atomic E-state index is 0.152. The Morgan fingerprint density at radius 2 is 1.55 bits per heavy atom. The zero-order valence-corrected chi connectivity index (χ0v) is 10.7. The molecule has 0 atom stereocenters. The highest BCUT2D eigenvalue weighted by Gasteiger charge is 2.19. The first-order valence-electron chi connectivity index (χ1n) is 4.10. The Balaban J connectivity index is 4.11. The van der Waals surface area contributed by atoms with Gasteiger partial charge < -0.3 is 5.32 Å². The molecule has 0 fully saturated rings. The first-order valence-corrected chi connectivity index (χ1v) is 5.10. The van der Waals surface area contributed by atoms with E-state index >= 15 is 0 Å². The van der Waals surface area contributed by atoms with Crippen molar-refractivity contribution in [3.8, 4) is 0 Å². The van der Waals surface area contributed by atoms with E-state index in [4.69, 9.17) is 0 Å². The van der Waals surface area contributed by atoms with Crippen LogP contribution in [0.25, 0.3) is 0 Å². The molecule has 0 aliphatic carbocycles. The first-order chi connectivity index (χ1) is 4.63. The lowest BCUT2D eigenvalue weighted by Crippen LogP contribution is -2.37. The second-order valence-electron chi connectivity index (χ2n) is 5.10. The highest BCUT2D eigenvalue weighted by Crippen LogP contribution is 2.27. The average Bonchev–Trinajstić information content (AvgIpc) is 1.56. The predicted octanol–water partition coefficient (Wildman–Crippen LogP) is 1.45. The molecule has 0 bridgehead atoms. The Hall–Kier alpha value is -0.243. The Morgan fingerprint density at radius 1 is 1.18 bits per heavy atom. The monoisotopic (exact) mass is 171 g/mol. The van der Waals surface area contributed by atoms with E-state index in [0.29, 0.717) is 5.04 Å². The van der Waals surface area contributed by atoms with E-state index in [1.165, 1.54) is 0 Å². The van der Waals surface area contributed by atoms with Crippen LogP contribution < -0.4 is 5.32 Å². The van der Waals surface area contributed by atoms with Crippen LogP contribution in [0.4, 0.5) is 0 Å². The van der Waals surface area contributed by atoms with Crippen molar-refractivity contribution in [2.24, 2.45) is 0 Å². The zero-order chi connectivity index (χ0) is 9.28. The molecule has 0 spiro atoms. The molecule has 0 heterocycles. The fraction of sp³-hybridized carbons (Fsp3) is 0.778. The maximum atomic E-state index is 4.03. The maximum absolute atomic E-state index is 4.03. The summed E-state index contributed by atoms with van der Waals surface area (Å²) in [5.74, 6) is 0. The molecule has 11 heavy (non-hydrogen) atoms. The molecule has 0 aromatic rings. The summed E-state index contributed by atoms with van der Waals surface area (Å²) in [6, 6.07) is 0. The average molecular weight is 171 g/mol. The largest absolute Gasteiger partial charge is 0.384 e. The third-order valence-corrected chi connectivity index (χ3v) is 2.03. The lowest BCUT2D eigenvalue weighted by atomic mass is 10.0. The van der Waals surface area contributed by atoms with Crippen LogP contribution in [0.3, 0.4) is 0 Å². The van der Waals surface area contributed by atoms with Gasteiger partial charge in [0.2, 0.25) is 0 Å². The molecule has 0 radical (unpaired) electrons. The van der Waals surface area contributed by atoms with Crippen LogP contribution in [0.15, 0.2) is 12.3 Å². The molecule has 0 aliphatic rings. The summed E-state index contributed by atoms with van der Waals surface area (Å²) in [4.78, 5) is 0. The summed E-state index contributed by atoms with van der Waals surface area (Å²) in [7, 11) is 1.14. The number of rotatable bonds is 2. The lowest BCUT2D eigenvalue weighted by Gasteiger charge is -2.31. The van der Waals surface area contributed by atoms with Crippen LogP contribution in [0.1, 0.15) is 34.6 Å². The second kappa shape index (κ2) is 3.01. The minimum Gasteiger partial charge on any atom is -0.384 e. The van der Waals surface area contributed by atoms with Gasteiger partial charge in [-0.2, -0.15) is 0 Å². The summed E-state index contributed by atoms with van der Waals surface area (Å²) in [6.07, 6.45) is 0. The summed E-state index contributed by atoms with van der Waals surface area (Å²) in [5.41, 5.74) is 1.32. The second-order valence-corrected chi connectivity index (χ2v) is 7.60. The van der Waals surface area contributed by atoms with Crippen LogP contribution in [0.5, 0.6) is 0 Å². The van der Waals surface area contributed by atoms with E-state index in [1.54, 1.807) is 0 Å². The molecule has 0 rings (SSSR count). The summed E-state index contributed by atoms with van der Waals surface area (Å²) >= 11 is 0. The molecule has 1 N–H and O–H groups in total. The van der Waals surface area contributed by atoms with Crippen molar-refractivity contribution in [2.75, 3.05) is 0 Å². The first kappa shape index (κ1) is 10.8. The number of hydrogen-bond donors (Lipinski definition) is 1. The van der Waals surface area contributed by atoms with Crippen LogP contribution >= 0.6 is 0 Å². The van der Waals surface area contributed by atoms with E-state index in [0.717, 1.165) is 15.9 Å². The van der Waals surface area contributed by atoms with Crippen molar-refractivity contribution in [2.45, 2.75) is 45.2 Å². The third-order valence-electron chi connectivity index (χ3n) is 1.43. The smallest absolute Gasteiger partial charge is 0.0286 e. The van der Waals surface area contributed by atoms with Gasteiger partial charge in [0.05, 0.1) is 0 Å². The Labute approximate surface area is 73.7 Å². The van der Waals surface area contributed by atoms with Crippen molar-refractivity contribution in [1.29, 1.82) is 0 Å². The summed E-state index contributed by atoms with van der Waals surface area (Å²) in [6.45, 7) is 15.0. The van der Waals surface area contributed by atoms with Gasteiger partial charge in [-0.05, 0) is 25.8 Å². The van der Waals surface area contributed by atoms with Gasteiger partial charge in [0.15, 0.2) is 0 Å². The van der Waals surface area contributed by atoms with Gasteiger partial charge in [0, 0.05) is 21.5 Å². The highest BCUT2D eigenvalue weighted by atomic mass is 28.1. The molecule has 0 saturated carbocycles. The number of hydrogen-bond acceptors (Lipinski definition) is 1. The molecular weight excluding hydrogens is 150 g/mol. The van der Waals surface area contributed by atoms with Gasteiger partial charge in [-0.25, -0.2) is 0 Å². The molecule has 0 aromatic heterocycles. The number of nitrogens with one attached hydrogen (secondary N) is 1. The highest BCUT2D eigenvalue weighted by molar-refractivity contribution is 6.16. The normalized spacial score (nSPS) is 13.2. The lowest BCUT2D eigenvalue weighted by molar-refractivity contribution is 0.451. The van der Waals surface area contributed by atoms with E-state index in [9.17, 15) is 0 Å². The van der Waals surface area contributed by atoms with Gasteiger partial charge in [0.1, 0.15) is 0 Å². The molecule has 0 saturated heterocycles. The Morgan fingerprint density at radius 3 is 1.64 bits per heavy atom. The molecule has 2 heteroatoms. The van der Waals surface area contributed by atoms with Gasteiger partial charge in [-0.15, -0.1) is 0 Å². The molecule has 1 nitrogen and oxygen atoms in total. The van der Waals surface area contributed by atoms with Crippen LogP contribution in [-0.4, -0.2) is 15.8 Å². The van der Waals surface area contributed by atoms with Gasteiger partial charge >= 0.3 is 0 Å². The van der Waals surface area contributed by atoms with Crippen molar-refractivity contribution in [3.63, 3.8) is 0 Å². The van der Waals surface area contributed by atoms with Gasteiger partial charge in [0.25, 0.3) is 0 Å². The van der Waals surface area contributed by atoms with Crippen LogP contribution in [-0.2, 0) is 0 Å². The Kier molecular flexibility index (Phi) is 2.95. The third kappa shape index (κ3) is 5.07. The van der Waals surface area contributed by atoms with E-state index in [2.05, 4.69) is 46.5 Å². The van der Waals surface area contributed by atoms with Crippen molar-refractivity contribution < 1.29 is 0 Å². The van der Waals surface area contributed by atoms with Gasteiger partial charge in [-0.3, -0.25) is 0 Å². The van der Waals surface area contributed by atoms with Crippen molar-refractivity contribution >= 4 is 10.2 Å². The summed E-state index contributed by atoms with van der Waals surface area (Å²) in [5, 5.41) is 3.70. The SMILES string of the molecule is C=C(NC(C)(C)C)C(C)(C)[SiH3]. The molecule has 0 aliphatic heterocycles. The Bertz CT molecular complexity index is 148. The minimum absolute atomic E-state index is 0.152. The maximum Gasteiger partial charge on any atom is 0.0286 e. The molecule has 0 aromatic carbocycles. The quantitative estimate of drug-likeness (QED) is 0.620. The standard InChI is InChI=1S/C9H21NSi/c1-7(9(5,6)11)10-8(2,3)4/h10H,1H2,2-6,11H3.